The van der Waals surface area contributed by atoms with Crippen LogP contribution in [0.25, 0.3) is 0 Å². The molecule has 1 heterocycles. The fraction of sp³-hybridized carbons (Fsp3) is 0.733. The van der Waals surface area contributed by atoms with Gasteiger partial charge in [0.2, 0.25) is 0 Å². The minimum Gasteiger partial charge on any atom is -0.371 e. The van der Waals surface area contributed by atoms with Crippen LogP contribution in [0, 0.1) is 12.8 Å². The third kappa shape index (κ3) is 5.09. The summed E-state index contributed by atoms with van der Waals surface area (Å²) in [6, 6.07) is 4.28. The Morgan fingerprint density at radius 3 is 2.61 bits per heavy atom. The van der Waals surface area contributed by atoms with Crippen LogP contribution in [0.15, 0.2) is 12.1 Å². The Morgan fingerprint density at radius 2 is 2.11 bits per heavy atom. The molecule has 2 atom stereocenters. The number of hydrogen-bond donors (Lipinski definition) is 1. The molecule has 0 aliphatic rings. The summed E-state index contributed by atoms with van der Waals surface area (Å²) < 4.78 is 6.03. The van der Waals surface area contributed by atoms with Crippen LogP contribution in [-0.4, -0.2) is 13.2 Å². The number of thiophene rings is 1. The predicted octanol–water partition coefficient (Wildman–Crippen LogP) is 4.29. The molecule has 0 aliphatic carbocycles. The van der Waals surface area contributed by atoms with Crippen LogP contribution in [0.2, 0.25) is 0 Å². The molecular formula is C15H27NOS. The number of unbranched alkanes of at least 4 members (excludes halogenated alkanes) is 1. The minimum atomic E-state index is 0.0828. The summed E-state index contributed by atoms with van der Waals surface area (Å²) in [4.78, 5) is 2.59. The number of ether oxygens (including phenoxy) is 1. The molecule has 0 saturated carbocycles. The van der Waals surface area contributed by atoms with Gasteiger partial charge in [0.25, 0.3) is 0 Å². The Morgan fingerprint density at radius 1 is 1.33 bits per heavy atom. The van der Waals surface area contributed by atoms with E-state index < -0.39 is 0 Å². The summed E-state index contributed by atoms with van der Waals surface area (Å²) in [5.41, 5.74) is 5.82. The third-order valence-corrected chi connectivity index (χ3v) is 4.46. The molecule has 0 aromatic carbocycles. The lowest BCUT2D eigenvalue weighted by atomic mass is 10.0. The maximum Gasteiger partial charge on any atom is 0.104 e. The highest BCUT2D eigenvalue weighted by Gasteiger charge is 2.14. The smallest absolute Gasteiger partial charge is 0.104 e. The van der Waals surface area contributed by atoms with Gasteiger partial charge in [-0.3, -0.25) is 0 Å². The fourth-order valence-corrected chi connectivity index (χ4v) is 2.98. The van der Waals surface area contributed by atoms with E-state index in [0.29, 0.717) is 12.5 Å². The van der Waals surface area contributed by atoms with Gasteiger partial charge in [-0.25, -0.2) is 0 Å². The number of hydrogen-bond acceptors (Lipinski definition) is 3. The Labute approximate surface area is 116 Å². The molecule has 1 rings (SSSR count). The first-order valence-electron chi connectivity index (χ1n) is 7.09. The number of rotatable bonds is 9. The molecule has 0 radical (unpaired) electrons. The zero-order valence-corrected chi connectivity index (χ0v) is 12.8. The zero-order chi connectivity index (χ0) is 13.4. The first-order valence-corrected chi connectivity index (χ1v) is 7.90. The van der Waals surface area contributed by atoms with Crippen molar-refractivity contribution in [3.05, 3.63) is 21.9 Å². The van der Waals surface area contributed by atoms with Crippen molar-refractivity contribution in [3.63, 3.8) is 0 Å². The van der Waals surface area contributed by atoms with Crippen molar-refractivity contribution < 1.29 is 4.74 Å². The standard InChI is InChI=1S/C15H27NOS/c1-4-6-7-13(5-2)11-17-14(10-16)15-9-8-12(3)18-15/h8-9,13-14H,4-7,10-11,16H2,1-3H3. The molecule has 0 spiro atoms. The molecule has 0 aliphatic heterocycles. The van der Waals surface area contributed by atoms with Crippen LogP contribution >= 0.6 is 11.3 Å². The molecule has 3 heteroatoms. The second kappa shape index (κ2) is 8.68. The molecule has 1 aromatic rings. The van der Waals surface area contributed by atoms with E-state index in [0.717, 1.165) is 6.61 Å². The molecule has 2 nitrogen and oxygen atoms in total. The van der Waals surface area contributed by atoms with Gasteiger partial charge in [0.05, 0.1) is 6.61 Å². The van der Waals surface area contributed by atoms with Gasteiger partial charge >= 0.3 is 0 Å². The molecule has 0 fully saturated rings. The summed E-state index contributed by atoms with van der Waals surface area (Å²) in [7, 11) is 0. The van der Waals surface area contributed by atoms with Crippen molar-refractivity contribution in [2.24, 2.45) is 11.7 Å². The van der Waals surface area contributed by atoms with Gasteiger partial charge in [-0.15, -0.1) is 11.3 Å². The number of nitrogens with two attached hydrogens (primary N) is 1. The minimum absolute atomic E-state index is 0.0828. The lowest BCUT2D eigenvalue weighted by molar-refractivity contribution is 0.0319. The molecule has 1 aromatic heterocycles. The average Bonchev–Trinajstić information content (AvgIpc) is 2.80. The van der Waals surface area contributed by atoms with Gasteiger partial charge in [-0.05, 0) is 31.4 Å². The molecule has 0 bridgehead atoms. The summed E-state index contributed by atoms with van der Waals surface area (Å²) in [6.07, 6.45) is 5.11. The molecule has 0 saturated heterocycles. The van der Waals surface area contributed by atoms with Gasteiger partial charge in [0.1, 0.15) is 6.10 Å². The van der Waals surface area contributed by atoms with E-state index in [9.17, 15) is 0 Å². The van der Waals surface area contributed by atoms with Crippen molar-refractivity contribution in [3.8, 4) is 0 Å². The predicted molar refractivity (Wildman–Crippen MR) is 80.1 cm³/mol. The number of aryl methyl sites for hydroxylation is 1. The van der Waals surface area contributed by atoms with Crippen molar-refractivity contribution in [2.75, 3.05) is 13.2 Å². The summed E-state index contributed by atoms with van der Waals surface area (Å²) >= 11 is 1.79. The van der Waals surface area contributed by atoms with E-state index >= 15 is 0 Å². The summed E-state index contributed by atoms with van der Waals surface area (Å²) in [5, 5.41) is 0. The topological polar surface area (TPSA) is 35.2 Å². The largest absolute Gasteiger partial charge is 0.371 e. The van der Waals surface area contributed by atoms with Crippen molar-refractivity contribution in [2.45, 2.75) is 52.6 Å². The highest BCUT2D eigenvalue weighted by Crippen LogP contribution is 2.26. The Bertz CT molecular complexity index is 324. The van der Waals surface area contributed by atoms with E-state index in [1.165, 1.54) is 35.4 Å². The SMILES string of the molecule is CCCCC(CC)COC(CN)c1ccc(C)s1. The first kappa shape index (κ1) is 15.7. The van der Waals surface area contributed by atoms with Crippen LogP contribution < -0.4 is 5.73 Å². The fourth-order valence-electron chi connectivity index (χ4n) is 2.04. The second-order valence-corrected chi connectivity index (χ2v) is 6.24. The van der Waals surface area contributed by atoms with Gasteiger partial charge in [-0.2, -0.15) is 0 Å². The summed E-state index contributed by atoms with van der Waals surface area (Å²) in [5.74, 6) is 0.681. The highest BCUT2D eigenvalue weighted by molar-refractivity contribution is 7.12. The normalized spacial score (nSPS) is 14.7. The molecule has 18 heavy (non-hydrogen) atoms. The lowest BCUT2D eigenvalue weighted by Crippen LogP contribution is -2.18. The van der Waals surface area contributed by atoms with Gasteiger partial charge in [0, 0.05) is 16.3 Å². The highest BCUT2D eigenvalue weighted by atomic mass is 32.1. The van der Waals surface area contributed by atoms with Gasteiger partial charge < -0.3 is 10.5 Å². The van der Waals surface area contributed by atoms with E-state index in [1.807, 2.05) is 0 Å². The second-order valence-electron chi connectivity index (χ2n) is 4.92. The van der Waals surface area contributed by atoms with Crippen molar-refractivity contribution in [1.29, 1.82) is 0 Å². The third-order valence-electron chi connectivity index (χ3n) is 3.37. The van der Waals surface area contributed by atoms with E-state index in [1.54, 1.807) is 11.3 Å². The zero-order valence-electron chi connectivity index (χ0n) is 11.9. The quantitative estimate of drug-likeness (QED) is 0.726. The van der Waals surface area contributed by atoms with Gasteiger partial charge in [-0.1, -0.05) is 33.1 Å². The van der Waals surface area contributed by atoms with Crippen LogP contribution in [-0.2, 0) is 4.74 Å². The van der Waals surface area contributed by atoms with E-state index in [-0.39, 0.29) is 6.10 Å². The van der Waals surface area contributed by atoms with Crippen LogP contribution in [0.1, 0.15) is 55.4 Å². The van der Waals surface area contributed by atoms with Crippen LogP contribution in [0.4, 0.5) is 0 Å². The maximum atomic E-state index is 6.03. The van der Waals surface area contributed by atoms with Crippen molar-refractivity contribution in [1.82, 2.24) is 0 Å². The maximum absolute atomic E-state index is 6.03. The molecule has 104 valence electrons. The Hall–Kier alpha value is -0.380. The molecule has 0 amide bonds. The molecule has 2 N–H and O–H groups in total. The van der Waals surface area contributed by atoms with E-state index in [4.69, 9.17) is 10.5 Å². The molecular weight excluding hydrogens is 242 g/mol. The molecule has 2 unspecified atom stereocenters. The Kier molecular flexibility index (Phi) is 7.56. The van der Waals surface area contributed by atoms with E-state index in [2.05, 4.69) is 32.9 Å². The summed E-state index contributed by atoms with van der Waals surface area (Å²) in [6.45, 7) is 8.03. The monoisotopic (exact) mass is 269 g/mol. The average molecular weight is 269 g/mol. The van der Waals surface area contributed by atoms with Crippen molar-refractivity contribution >= 4 is 11.3 Å². The van der Waals surface area contributed by atoms with Crippen LogP contribution in [0.3, 0.4) is 0 Å². The van der Waals surface area contributed by atoms with Gasteiger partial charge in [0.15, 0.2) is 0 Å². The first-order chi connectivity index (χ1) is 8.71. The Balaban J connectivity index is 2.43. The lowest BCUT2D eigenvalue weighted by Gasteiger charge is -2.19. The van der Waals surface area contributed by atoms with Crippen LogP contribution in [0.5, 0.6) is 0 Å².